The Kier molecular flexibility index (Phi) is 42.4. The number of carboxylic acid groups (broad SMARTS) is 1. The Labute approximate surface area is 357 Å². The largest absolute Gasteiger partial charge is 1.00 e. The van der Waals surface area contributed by atoms with Gasteiger partial charge in [0, 0.05) is 12.8 Å². The number of carbonyl (C=O) groups excluding carboxylic acids is 3. The summed E-state index contributed by atoms with van der Waals surface area (Å²) in [6.07, 6.45) is 36.8. The Morgan fingerprint density at radius 1 is 0.564 bits per heavy atom. The van der Waals surface area contributed by atoms with Crippen LogP contribution in [0.3, 0.4) is 0 Å². The van der Waals surface area contributed by atoms with Crippen LogP contribution in [0.25, 0.3) is 0 Å². The van der Waals surface area contributed by atoms with Crippen LogP contribution in [0.1, 0.15) is 206 Å². The van der Waals surface area contributed by atoms with Gasteiger partial charge < -0.3 is 39.0 Å². The molecular formula is C42H79NNaO10P. The van der Waals surface area contributed by atoms with E-state index in [0.717, 1.165) is 57.8 Å². The van der Waals surface area contributed by atoms with Gasteiger partial charge in [0.05, 0.1) is 6.61 Å². The third kappa shape index (κ3) is 41.2. The van der Waals surface area contributed by atoms with Crippen LogP contribution in [-0.2, 0) is 37.5 Å². The van der Waals surface area contributed by atoms with Crippen LogP contribution in [0.15, 0.2) is 12.2 Å². The fraction of sp³-hybridized carbons (Fsp3) is 0.881. The van der Waals surface area contributed by atoms with E-state index in [4.69, 9.17) is 14.0 Å². The van der Waals surface area contributed by atoms with Gasteiger partial charge in [-0.25, -0.2) is 0 Å². The summed E-state index contributed by atoms with van der Waals surface area (Å²) in [5.41, 5.74) is 3.24. The third-order valence-corrected chi connectivity index (χ3v) is 10.5. The van der Waals surface area contributed by atoms with E-state index < -0.39 is 51.1 Å². The molecule has 0 radical (unpaired) electrons. The molecular weight excluding hydrogens is 732 g/mol. The number of rotatable bonds is 41. The van der Waals surface area contributed by atoms with Crippen LogP contribution in [-0.4, -0.2) is 49.9 Å². The maximum Gasteiger partial charge on any atom is 1.00 e. The van der Waals surface area contributed by atoms with Crippen LogP contribution in [0.5, 0.6) is 0 Å². The van der Waals surface area contributed by atoms with Gasteiger partial charge in [-0.1, -0.05) is 167 Å². The zero-order valence-corrected chi connectivity index (χ0v) is 38.3. The molecule has 3 atom stereocenters. The van der Waals surface area contributed by atoms with E-state index in [1.54, 1.807) is 0 Å². The fourth-order valence-corrected chi connectivity index (χ4v) is 6.85. The number of unbranched alkanes of at least 4 members (excludes halogenated alkanes) is 25. The second kappa shape index (κ2) is 41.4. The van der Waals surface area contributed by atoms with Crippen molar-refractivity contribution in [3.63, 3.8) is 0 Å². The van der Waals surface area contributed by atoms with Crippen LogP contribution in [0, 0.1) is 0 Å². The summed E-state index contributed by atoms with van der Waals surface area (Å²) in [7, 11) is -4.95. The minimum Gasteiger partial charge on any atom is -0.756 e. The number of carbonyl (C=O) groups is 3. The van der Waals surface area contributed by atoms with Gasteiger partial charge in [-0.15, -0.1) is 0 Å². The molecule has 0 amide bonds. The van der Waals surface area contributed by atoms with E-state index >= 15 is 0 Å². The van der Waals surface area contributed by atoms with Gasteiger partial charge in [-0.05, 0) is 38.5 Å². The number of ether oxygens (including phenoxy) is 2. The zero-order valence-electron chi connectivity index (χ0n) is 35.4. The van der Waals surface area contributed by atoms with Crippen molar-refractivity contribution >= 4 is 25.7 Å². The molecule has 0 aliphatic rings. The second-order valence-corrected chi connectivity index (χ2v) is 16.3. The number of phosphoric acid groups is 1. The first-order chi connectivity index (χ1) is 26.1. The van der Waals surface area contributed by atoms with Crippen molar-refractivity contribution in [2.45, 2.75) is 219 Å². The predicted molar refractivity (Wildman–Crippen MR) is 211 cm³/mol. The molecule has 0 aromatic carbocycles. The van der Waals surface area contributed by atoms with Gasteiger partial charge in [0.1, 0.15) is 25.2 Å². The van der Waals surface area contributed by atoms with Crippen molar-refractivity contribution in [1.82, 2.24) is 0 Å². The van der Waals surface area contributed by atoms with Gasteiger partial charge >= 0.3 is 41.5 Å². The van der Waals surface area contributed by atoms with E-state index in [0.29, 0.717) is 12.8 Å². The number of quaternary nitrogens is 1. The van der Waals surface area contributed by atoms with E-state index in [-0.39, 0.29) is 49.0 Å². The second-order valence-electron chi connectivity index (χ2n) is 14.9. The number of carboxylic acids is 1. The number of hydrogen-bond donors (Lipinski definition) is 1. The Morgan fingerprint density at radius 3 is 1.35 bits per heavy atom. The van der Waals surface area contributed by atoms with Crippen LogP contribution >= 0.6 is 7.82 Å². The summed E-state index contributed by atoms with van der Waals surface area (Å²) < 4.78 is 32.3. The maximum atomic E-state index is 12.6. The predicted octanol–water partition coefficient (Wildman–Crippen LogP) is 5.61. The van der Waals surface area contributed by atoms with Crippen LogP contribution < -0.4 is 45.3 Å². The summed E-state index contributed by atoms with van der Waals surface area (Å²) in [6.45, 7) is 2.71. The van der Waals surface area contributed by atoms with E-state index in [1.807, 2.05) is 0 Å². The van der Waals surface area contributed by atoms with Crippen LogP contribution in [0.2, 0.25) is 0 Å². The molecule has 318 valence electrons. The summed E-state index contributed by atoms with van der Waals surface area (Å²) in [5.74, 6) is -2.58. The SMILES string of the molecule is CCCCCCCC/C=C/CCCCCCCC(=O)O[C@H](COC(=O)CCCCCCCCCCCCCCCCC)COP(=O)([O-])OC[C@H]([NH3+])C(=O)[O-].[Na+]. The smallest absolute Gasteiger partial charge is 0.756 e. The molecule has 11 nitrogen and oxygen atoms in total. The molecule has 3 N–H and O–H groups in total. The molecule has 0 aliphatic carbocycles. The van der Waals surface area contributed by atoms with E-state index in [2.05, 4.69) is 36.3 Å². The molecule has 0 rings (SSSR count). The topological polar surface area (TPSA) is 179 Å². The fourth-order valence-electron chi connectivity index (χ4n) is 6.06. The quantitative estimate of drug-likeness (QED) is 0.0269. The minimum absolute atomic E-state index is 0. The molecule has 0 bridgehead atoms. The number of aliphatic carboxylic acids is 1. The first-order valence-electron chi connectivity index (χ1n) is 21.7. The molecule has 0 aromatic heterocycles. The van der Waals surface area contributed by atoms with Crippen molar-refractivity contribution in [2.24, 2.45) is 0 Å². The normalized spacial score (nSPS) is 13.6. The molecule has 55 heavy (non-hydrogen) atoms. The van der Waals surface area contributed by atoms with Gasteiger partial charge in [-0.3, -0.25) is 14.2 Å². The molecule has 0 saturated heterocycles. The Balaban J connectivity index is 0. The van der Waals surface area contributed by atoms with Crippen molar-refractivity contribution in [3.05, 3.63) is 12.2 Å². The standard InChI is InChI=1S/C42H80NO10P.Na/c1-3-5-7-9-11-13-15-17-19-21-23-25-27-29-31-33-40(44)50-35-38(36-51-54(48,49)52-37-39(43)42(46)47)53-41(45)34-32-30-28-26-24-22-20-18-16-14-12-10-8-6-4-2;/h18,20,38-39H,3-17,19,21-37,43H2,1-2H3,(H,46,47)(H,48,49);/q;+1/p-1/b20-18+;/t38-,39+;/m1./s1. The molecule has 0 heterocycles. The van der Waals surface area contributed by atoms with E-state index in [1.165, 1.54) is 109 Å². The Bertz CT molecular complexity index is 986. The molecule has 0 saturated carbocycles. The van der Waals surface area contributed by atoms with Crippen molar-refractivity contribution in [1.29, 1.82) is 0 Å². The monoisotopic (exact) mass is 812 g/mol. The Hall–Kier alpha value is -0.780. The summed E-state index contributed by atoms with van der Waals surface area (Å²) in [4.78, 5) is 48.0. The number of allylic oxidation sites excluding steroid dienone is 2. The van der Waals surface area contributed by atoms with Gasteiger partial charge in [-0.2, -0.15) is 0 Å². The molecule has 0 spiro atoms. The van der Waals surface area contributed by atoms with Crippen molar-refractivity contribution in [3.8, 4) is 0 Å². The summed E-state index contributed by atoms with van der Waals surface area (Å²) >= 11 is 0. The van der Waals surface area contributed by atoms with Crippen LogP contribution in [0.4, 0.5) is 0 Å². The van der Waals surface area contributed by atoms with Crippen molar-refractivity contribution < 1.29 is 82.8 Å². The zero-order chi connectivity index (χ0) is 40.0. The minimum atomic E-state index is -4.95. The first kappa shape index (κ1) is 56.3. The summed E-state index contributed by atoms with van der Waals surface area (Å²) in [5, 5.41) is 10.8. The maximum absolute atomic E-state index is 12.6. The molecule has 13 heteroatoms. The summed E-state index contributed by atoms with van der Waals surface area (Å²) in [6, 6.07) is -1.42. The number of phosphoric ester groups is 1. The number of esters is 2. The molecule has 0 fully saturated rings. The van der Waals surface area contributed by atoms with Crippen molar-refractivity contribution in [2.75, 3.05) is 19.8 Å². The molecule has 1 unspecified atom stereocenters. The number of hydrogen-bond acceptors (Lipinski definition) is 10. The van der Waals surface area contributed by atoms with E-state index in [9.17, 15) is 28.9 Å². The Morgan fingerprint density at radius 2 is 0.927 bits per heavy atom. The molecule has 0 aromatic rings. The van der Waals surface area contributed by atoms with Gasteiger partial charge in [0.2, 0.25) is 0 Å². The average molecular weight is 812 g/mol. The van der Waals surface area contributed by atoms with Gasteiger partial charge in [0.25, 0.3) is 7.82 Å². The van der Waals surface area contributed by atoms with Gasteiger partial charge in [0.15, 0.2) is 6.10 Å². The average Bonchev–Trinajstić information content (AvgIpc) is 3.14. The third-order valence-electron chi connectivity index (χ3n) is 9.54. The first-order valence-corrected chi connectivity index (χ1v) is 23.2. The molecule has 0 aliphatic heterocycles.